The highest BCUT2D eigenvalue weighted by Gasteiger charge is 2.04. The highest BCUT2D eigenvalue weighted by molar-refractivity contribution is 14.0. The molecule has 0 aliphatic carbocycles. The van der Waals surface area contributed by atoms with E-state index in [0.29, 0.717) is 6.54 Å². The maximum Gasteiger partial charge on any atom is 0.191 e. The lowest BCUT2D eigenvalue weighted by Crippen LogP contribution is -2.38. The Hall–Kier alpha value is -2.50. The molecule has 3 rings (SSSR count). The van der Waals surface area contributed by atoms with Gasteiger partial charge in [0.25, 0.3) is 0 Å². The molecule has 0 radical (unpaired) electrons. The minimum absolute atomic E-state index is 0. The molecular formula is C18H26IN9. The lowest BCUT2D eigenvalue weighted by atomic mass is 10.3. The molecule has 150 valence electrons. The van der Waals surface area contributed by atoms with Gasteiger partial charge < -0.3 is 15.2 Å². The van der Waals surface area contributed by atoms with E-state index < -0.39 is 0 Å². The summed E-state index contributed by atoms with van der Waals surface area (Å²) < 4.78 is 3.99. The van der Waals surface area contributed by atoms with Crippen molar-refractivity contribution in [1.82, 2.24) is 39.9 Å². The molecule has 3 heterocycles. The number of halogens is 1. The second-order valence-corrected chi connectivity index (χ2v) is 6.02. The quantitative estimate of drug-likeness (QED) is 0.294. The molecule has 2 N–H and O–H groups in total. The van der Waals surface area contributed by atoms with Crippen LogP contribution in [0.25, 0.3) is 5.82 Å². The summed E-state index contributed by atoms with van der Waals surface area (Å²) in [5, 5.41) is 14.6. The van der Waals surface area contributed by atoms with Crippen molar-refractivity contribution in [2.45, 2.75) is 33.4 Å². The summed E-state index contributed by atoms with van der Waals surface area (Å²) in [7, 11) is 1.76. The average Bonchev–Trinajstić information content (AvgIpc) is 3.33. The van der Waals surface area contributed by atoms with Crippen LogP contribution in [0.15, 0.2) is 42.0 Å². The van der Waals surface area contributed by atoms with Crippen LogP contribution in [0.1, 0.15) is 24.1 Å². The average molecular weight is 495 g/mol. The van der Waals surface area contributed by atoms with Crippen molar-refractivity contribution >= 4 is 29.9 Å². The Morgan fingerprint density at radius 3 is 2.71 bits per heavy atom. The molecule has 10 heteroatoms. The van der Waals surface area contributed by atoms with Gasteiger partial charge in [-0.3, -0.25) is 9.56 Å². The van der Waals surface area contributed by atoms with E-state index in [9.17, 15) is 0 Å². The summed E-state index contributed by atoms with van der Waals surface area (Å²) in [5.41, 5.74) is 1.08. The van der Waals surface area contributed by atoms with Crippen molar-refractivity contribution in [1.29, 1.82) is 0 Å². The Kier molecular flexibility index (Phi) is 8.36. The lowest BCUT2D eigenvalue weighted by Gasteiger charge is -2.13. The Balaban J connectivity index is 0.00000280. The van der Waals surface area contributed by atoms with E-state index in [2.05, 4.69) is 42.7 Å². The number of imidazole rings is 1. The molecule has 0 amide bonds. The highest BCUT2D eigenvalue weighted by Crippen LogP contribution is 2.08. The zero-order chi connectivity index (χ0) is 19.1. The first-order chi connectivity index (χ1) is 13.2. The molecule has 0 bridgehead atoms. The van der Waals surface area contributed by atoms with Gasteiger partial charge in [-0.1, -0.05) is 13.0 Å². The number of nitrogens with one attached hydrogen (secondary N) is 2. The molecule has 9 nitrogen and oxygen atoms in total. The van der Waals surface area contributed by atoms with Crippen LogP contribution < -0.4 is 10.6 Å². The van der Waals surface area contributed by atoms with Gasteiger partial charge in [0, 0.05) is 51.7 Å². The van der Waals surface area contributed by atoms with E-state index in [0.717, 1.165) is 48.5 Å². The number of hydrogen-bond acceptors (Lipinski definition) is 5. The van der Waals surface area contributed by atoms with E-state index in [1.54, 1.807) is 19.6 Å². The summed E-state index contributed by atoms with van der Waals surface area (Å²) in [6, 6.07) is 4.03. The highest BCUT2D eigenvalue weighted by atomic mass is 127. The first-order valence-corrected chi connectivity index (χ1v) is 8.97. The Labute approximate surface area is 181 Å². The number of rotatable bonds is 7. The lowest BCUT2D eigenvalue weighted by molar-refractivity contribution is 0.632. The minimum Gasteiger partial charge on any atom is -0.355 e. The number of aliphatic imine (C=N–C) groups is 1. The van der Waals surface area contributed by atoms with Crippen LogP contribution in [0.5, 0.6) is 0 Å². The van der Waals surface area contributed by atoms with Crippen LogP contribution in [-0.2, 0) is 19.5 Å². The maximum absolute atomic E-state index is 4.51. The molecule has 0 aliphatic rings. The molecule has 0 saturated heterocycles. The Bertz CT molecular complexity index is 883. The van der Waals surface area contributed by atoms with Crippen molar-refractivity contribution in [2.24, 2.45) is 4.99 Å². The van der Waals surface area contributed by atoms with Gasteiger partial charge in [0.15, 0.2) is 5.96 Å². The van der Waals surface area contributed by atoms with Crippen molar-refractivity contribution in [2.75, 3.05) is 13.6 Å². The molecule has 0 atom stereocenters. The van der Waals surface area contributed by atoms with Gasteiger partial charge in [0.1, 0.15) is 23.8 Å². The third kappa shape index (κ3) is 5.50. The first-order valence-electron chi connectivity index (χ1n) is 8.97. The zero-order valence-electron chi connectivity index (χ0n) is 16.3. The van der Waals surface area contributed by atoms with Crippen LogP contribution in [0.4, 0.5) is 0 Å². The van der Waals surface area contributed by atoms with Gasteiger partial charge in [0.2, 0.25) is 0 Å². The standard InChI is InChI=1S/C18H25N9.HI/c1-4-16-25-24-13-26(16)9-7-21-18(19-3)23-12-15-5-6-17(22-11-15)27-10-8-20-14(27)2;/h5-6,8,10-11,13H,4,7,9,12H2,1-3H3,(H2,19,21,23);1H. The summed E-state index contributed by atoms with van der Waals surface area (Å²) in [5.74, 6) is 3.50. The van der Waals surface area contributed by atoms with Crippen LogP contribution in [0.2, 0.25) is 0 Å². The molecular weight excluding hydrogens is 469 g/mol. The van der Waals surface area contributed by atoms with E-state index in [1.807, 2.05) is 40.6 Å². The van der Waals surface area contributed by atoms with Gasteiger partial charge >= 0.3 is 0 Å². The molecule has 3 aromatic heterocycles. The van der Waals surface area contributed by atoms with Gasteiger partial charge in [0.05, 0.1) is 0 Å². The third-order valence-electron chi connectivity index (χ3n) is 4.22. The minimum atomic E-state index is 0. The Morgan fingerprint density at radius 1 is 1.21 bits per heavy atom. The molecule has 28 heavy (non-hydrogen) atoms. The van der Waals surface area contributed by atoms with Crippen LogP contribution >= 0.6 is 24.0 Å². The second kappa shape index (κ2) is 10.7. The fraction of sp³-hybridized carbons (Fsp3) is 0.389. The number of pyridine rings is 1. The van der Waals surface area contributed by atoms with Crippen molar-refractivity contribution in [3.05, 3.63) is 54.3 Å². The van der Waals surface area contributed by atoms with Crippen LogP contribution in [-0.4, -0.2) is 48.9 Å². The van der Waals surface area contributed by atoms with Crippen LogP contribution in [0.3, 0.4) is 0 Å². The van der Waals surface area contributed by atoms with E-state index in [4.69, 9.17) is 0 Å². The fourth-order valence-electron chi connectivity index (χ4n) is 2.72. The van der Waals surface area contributed by atoms with E-state index in [-0.39, 0.29) is 24.0 Å². The third-order valence-corrected chi connectivity index (χ3v) is 4.22. The monoisotopic (exact) mass is 495 g/mol. The normalized spacial score (nSPS) is 11.2. The van der Waals surface area contributed by atoms with Gasteiger partial charge in [-0.25, -0.2) is 9.97 Å². The topological polar surface area (TPSA) is 97.8 Å². The smallest absolute Gasteiger partial charge is 0.191 e. The largest absolute Gasteiger partial charge is 0.355 e. The number of aryl methyl sites for hydroxylation is 2. The van der Waals surface area contributed by atoms with Gasteiger partial charge in [-0.05, 0) is 18.6 Å². The first kappa shape index (κ1) is 21.8. The van der Waals surface area contributed by atoms with E-state index in [1.165, 1.54) is 0 Å². The second-order valence-electron chi connectivity index (χ2n) is 6.02. The number of aromatic nitrogens is 6. The Morgan fingerprint density at radius 2 is 2.07 bits per heavy atom. The summed E-state index contributed by atoms with van der Waals surface area (Å²) >= 11 is 0. The van der Waals surface area contributed by atoms with E-state index >= 15 is 0 Å². The van der Waals surface area contributed by atoms with Crippen LogP contribution in [0, 0.1) is 6.92 Å². The fourth-order valence-corrected chi connectivity index (χ4v) is 2.72. The maximum atomic E-state index is 4.51. The molecule has 0 fully saturated rings. The summed E-state index contributed by atoms with van der Waals surface area (Å²) in [6.07, 6.45) is 8.16. The summed E-state index contributed by atoms with van der Waals surface area (Å²) in [6.45, 7) is 6.19. The number of guanidine groups is 1. The summed E-state index contributed by atoms with van der Waals surface area (Å²) in [4.78, 5) is 13.0. The van der Waals surface area contributed by atoms with Crippen molar-refractivity contribution in [3.63, 3.8) is 0 Å². The molecule has 0 spiro atoms. The van der Waals surface area contributed by atoms with Gasteiger partial charge in [-0.2, -0.15) is 0 Å². The predicted molar refractivity (Wildman–Crippen MR) is 119 cm³/mol. The zero-order valence-corrected chi connectivity index (χ0v) is 18.7. The molecule has 0 saturated carbocycles. The number of hydrogen-bond donors (Lipinski definition) is 2. The van der Waals surface area contributed by atoms with Gasteiger partial charge in [-0.15, -0.1) is 34.2 Å². The molecule has 0 aliphatic heterocycles. The van der Waals surface area contributed by atoms with Crippen molar-refractivity contribution in [3.8, 4) is 5.82 Å². The van der Waals surface area contributed by atoms with Crippen molar-refractivity contribution < 1.29 is 0 Å². The molecule has 3 aromatic rings. The predicted octanol–water partition coefficient (Wildman–Crippen LogP) is 1.71. The molecule has 0 aromatic carbocycles. The SMILES string of the molecule is CCc1nncn1CCNC(=NC)NCc1ccc(-n2ccnc2C)nc1.I. The molecule has 0 unspecified atom stereocenters. The number of nitrogens with zero attached hydrogens (tertiary/aromatic N) is 7.